The van der Waals surface area contributed by atoms with Gasteiger partial charge in [0.1, 0.15) is 23.1 Å². The number of pyridine rings is 1. The summed E-state index contributed by atoms with van der Waals surface area (Å²) in [5, 5.41) is 9.35. The Labute approximate surface area is 248 Å². The van der Waals surface area contributed by atoms with E-state index in [4.69, 9.17) is 15.6 Å². The zero-order chi connectivity index (χ0) is 29.7. The molecule has 0 unspecified atom stereocenters. The van der Waals surface area contributed by atoms with Crippen molar-refractivity contribution in [2.45, 2.75) is 68.3 Å². The molecule has 12 heteroatoms. The van der Waals surface area contributed by atoms with Crippen LogP contribution in [0.25, 0.3) is 22.2 Å². The van der Waals surface area contributed by atoms with Crippen LogP contribution in [0.3, 0.4) is 0 Å². The van der Waals surface area contributed by atoms with Crippen LogP contribution in [0.1, 0.15) is 61.6 Å². The van der Waals surface area contributed by atoms with Crippen molar-refractivity contribution in [1.29, 1.82) is 0 Å². The summed E-state index contributed by atoms with van der Waals surface area (Å²) in [6.07, 6.45) is 8.08. The lowest BCUT2D eigenvalue weighted by molar-refractivity contribution is -0.0121. The molecule has 1 aliphatic heterocycles. The van der Waals surface area contributed by atoms with Crippen LogP contribution in [-0.2, 0) is 20.5 Å². The fourth-order valence-electron chi connectivity index (χ4n) is 6.31. The number of halogens is 2. The molecular weight excluding hydrogens is 574 g/mol. The van der Waals surface area contributed by atoms with E-state index in [0.29, 0.717) is 40.5 Å². The summed E-state index contributed by atoms with van der Waals surface area (Å²) < 4.78 is 64.5. The number of nitrogens with one attached hydrogen (secondary N) is 2. The lowest BCUT2D eigenvalue weighted by Crippen LogP contribution is -2.51. The Morgan fingerprint density at radius 1 is 0.977 bits per heavy atom. The van der Waals surface area contributed by atoms with Gasteiger partial charge in [0.15, 0.2) is 0 Å². The van der Waals surface area contributed by atoms with Gasteiger partial charge < -0.3 is 15.8 Å². The second-order valence-corrected chi connectivity index (χ2v) is 13.7. The number of hydrogen-bond donors (Lipinski definition) is 3. The third kappa shape index (κ3) is 5.71. The monoisotopic (exact) mass is 608 g/mol. The van der Waals surface area contributed by atoms with Gasteiger partial charge in [-0.3, -0.25) is 9.40 Å². The standard InChI is InChI=1S/C31H34F2N6O3S/c32-25-4-2-1-3-20(25)17-43(40,41)38-27-12-7-19(13-26(27)33)29-28-30(39(37-29)23-10-11-23)24(14-35-31(28)34)18-5-8-21(9-6-18)36-22-15-42-16-22/h1-4,7,12-14,18,21-23,36,38H,5-6,8-11,15-17H2,(H2,34,35)/t18-,21-. The van der Waals surface area contributed by atoms with Crippen molar-refractivity contribution in [2.24, 2.45) is 0 Å². The third-order valence-corrected chi connectivity index (χ3v) is 9.99. The first-order valence-electron chi connectivity index (χ1n) is 14.8. The highest BCUT2D eigenvalue weighted by Crippen LogP contribution is 2.45. The summed E-state index contributed by atoms with van der Waals surface area (Å²) in [7, 11) is -4.07. The predicted molar refractivity (Wildman–Crippen MR) is 161 cm³/mol. The molecule has 2 saturated carbocycles. The molecular formula is C31H34F2N6O3S. The summed E-state index contributed by atoms with van der Waals surface area (Å²) >= 11 is 0. The average molecular weight is 609 g/mol. The fraction of sp³-hybridized carbons (Fsp3) is 0.419. The van der Waals surface area contributed by atoms with Crippen LogP contribution in [0.4, 0.5) is 20.3 Å². The van der Waals surface area contributed by atoms with E-state index >= 15 is 4.39 Å². The molecule has 7 rings (SSSR count). The summed E-state index contributed by atoms with van der Waals surface area (Å²) in [5.74, 6) is -1.38. The number of fused-ring (bicyclic) bond motifs is 1. The molecule has 2 aromatic heterocycles. The van der Waals surface area contributed by atoms with E-state index in [9.17, 15) is 12.8 Å². The summed E-state index contributed by atoms with van der Waals surface area (Å²) in [6, 6.07) is 11.0. The molecule has 1 saturated heterocycles. The molecule has 4 aromatic rings. The number of benzene rings is 2. The third-order valence-electron chi connectivity index (χ3n) is 8.76. The maximum atomic E-state index is 15.4. The van der Waals surface area contributed by atoms with Crippen molar-refractivity contribution in [3.63, 3.8) is 0 Å². The first kappa shape index (κ1) is 28.2. The number of nitrogens with two attached hydrogens (primary N) is 1. The van der Waals surface area contributed by atoms with Gasteiger partial charge in [-0.2, -0.15) is 5.10 Å². The predicted octanol–water partition coefficient (Wildman–Crippen LogP) is 5.25. The number of rotatable bonds is 9. The van der Waals surface area contributed by atoms with E-state index in [1.165, 1.54) is 30.3 Å². The number of nitrogens with zero attached hydrogens (tertiary/aromatic N) is 3. The molecule has 3 fully saturated rings. The van der Waals surface area contributed by atoms with E-state index in [0.717, 1.165) is 62.8 Å². The van der Waals surface area contributed by atoms with E-state index in [-0.39, 0.29) is 17.3 Å². The zero-order valence-corrected chi connectivity index (χ0v) is 24.4. The fourth-order valence-corrected chi connectivity index (χ4v) is 7.52. The molecule has 0 radical (unpaired) electrons. The van der Waals surface area contributed by atoms with Crippen LogP contribution in [0.5, 0.6) is 0 Å². The normalized spacial score (nSPS) is 21.2. The number of sulfonamides is 1. The second kappa shape index (κ2) is 11.1. The van der Waals surface area contributed by atoms with Gasteiger partial charge in [0.05, 0.1) is 47.6 Å². The van der Waals surface area contributed by atoms with E-state index in [1.54, 1.807) is 12.1 Å². The lowest BCUT2D eigenvalue weighted by atomic mass is 9.81. The van der Waals surface area contributed by atoms with Crippen LogP contribution >= 0.6 is 0 Å². The molecule has 0 spiro atoms. The second-order valence-electron chi connectivity index (χ2n) is 11.9. The molecule has 2 aromatic carbocycles. The van der Waals surface area contributed by atoms with Gasteiger partial charge >= 0.3 is 0 Å². The molecule has 0 amide bonds. The highest BCUT2D eigenvalue weighted by atomic mass is 32.2. The number of aromatic nitrogens is 3. The highest BCUT2D eigenvalue weighted by Gasteiger charge is 2.33. The maximum absolute atomic E-state index is 15.4. The van der Waals surface area contributed by atoms with Gasteiger partial charge in [-0.1, -0.05) is 24.3 Å². The van der Waals surface area contributed by atoms with Crippen molar-refractivity contribution < 1.29 is 21.9 Å². The SMILES string of the molecule is Nc1ncc([C@H]2CC[C@H](NC3COC3)CC2)c2c1c(-c1ccc(NS(=O)(=O)Cc3ccccc3F)c(F)c1)nn2C1CC1. The van der Waals surface area contributed by atoms with Gasteiger partial charge in [0.25, 0.3) is 0 Å². The van der Waals surface area contributed by atoms with Crippen molar-refractivity contribution in [2.75, 3.05) is 23.7 Å². The quantitative estimate of drug-likeness (QED) is 0.237. The average Bonchev–Trinajstić information content (AvgIpc) is 3.73. The Kier molecular flexibility index (Phi) is 7.30. The van der Waals surface area contributed by atoms with Crippen LogP contribution < -0.4 is 15.8 Å². The minimum Gasteiger partial charge on any atom is -0.383 e. The molecule has 4 N–H and O–H groups in total. The molecule has 3 aliphatic rings. The van der Waals surface area contributed by atoms with Gasteiger partial charge in [-0.05, 0) is 68.2 Å². The van der Waals surface area contributed by atoms with Gasteiger partial charge in [-0.15, -0.1) is 0 Å². The van der Waals surface area contributed by atoms with Crippen molar-refractivity contribution in [1.82, 2.24) is 20.1 Å². The van der Waals surface area contributed by atoms with Crippen LogP contribution in [0, 0.1) is 11.6 Å². The summed E-state index contributed by atoms with van der Waals surface area (Å²) in [5.41, 5.74) is 9.31. The van der Waals surface area contributed by atoms with Crippen molar-refractivity contribution >= 4 is 32.4 Å². The Hall–Kier alpha value is -3.61. The van der Waals surface area contributed by atoms with Crippen LogP contribution in [0.2, 0.25) is 0 Å². The molecule has 2 aliphatic carbocycles. The molecule has 43 heavy (non-hydrogen) atoms. The summed E-state index contributed by atoms with van der Waals surface area (Å²) in [6.45, 7) is 1.57. The Morgan fingerprint density at radius 3 is 2.42 bits per heavy atom. The van der Waals surface area contributed by atoms with E-state index in [1.807, 2.05) is 10.9 Å². The van der Waals surface area contributed by atoms with Gasteiger partial charge in [0.2, 0.25) is 10.0 Å². The molecule has 0 bridgehead atoms. The number of hydrogen-bond acceptors (Lipinski definition) is 7. The minimum absolute atomic E-state index is 0.000561. The first-order valence-corrected chi connectivity index (χ1v) is 16.4. The molecule has 3 heterocycles. The van der Waals surface area contributed by atoms with Crippen molar-refractivity contribution in [3.8, 4) is 11.3 Å². The van der Waals surface area contributed by atoms with Crippen molar-refractivity contribution in [3.05, 3.63) is 71.4 Å². The molecule has 226 valence electrons. The van der Waals surface area contributed by atoms with Gasteiger partial charge in [-0.25, -0.2) is 22.2 Å². The Balaban J connectivity index is 1.18. The summed E-state index contributed by atoms with van der Waals surface area (Å²) in [4.78, 5) is 4.56. The van der Waals surface area contributed by atoms with Crippen LogP contribution in [0.15, 0.2) is 48.7 Å². The van der Waals surface area contributed by atoms with E-state index < -0.39 is 27.4 Å². The molecule has 0 atom stereocenters. The Bertz CT molecular complexity index is 1780. The van der Waals surface area contributed by atoms with Gasteiger partial charge in [0, 0.05) is 23.4 Å². The zero-order valence-electron chi connectivity index (χ0n) is 23.6. The lowest BCUT2D eigenvalue weighted by Gasteiger charge is -2.35. The highest BCUT2D eigenvalue weighted by molar-refractivity contribution is 7.91. The first-order chi connectivity index (χ1) is 20.8. The number of ether oxygens (including phenoxy) is 1. The molecule has 9 nitrogen and oxygen atoms in total. The Morgan fingerprint density at radius 2 is 1.74 bits per heavy atom. The minimum atomic E-state index is -4.07. The number of nitrogen functional groups attached to an aromatic ring is 1. The smallest absolute Gasteiger partial charge is 0.237 e. The number of anilines is 2. The topological polar surface area (TPSA) is 124 Å². The van der Waals surface area contributed by atoms with E-state index in [2.05, 4.69) is 15.0 Å². The largest absolute Gasteiger partial charge is 0.383 e. The van der Waals surface area contributed by atoms with Crippen LogP contribution in [-0.4, -0.2) is 48.5 Å². The maximum Gasteiger partial charge on any atom is 0.237 e.